The van der Waals surface area contributed by atoms with Crippen molar-refractivity contribution in [3.05, 3.63) is 53.3 Å². The summed E-state index contributed by atoms with van der Waals surface area (Å²) in [6.07, 6.45) is 2.75. The zero-order valence-corrected chi connectivity index (χ0v) is 30.1. The van der Waals surface area contributed by atoms with Gasteiger partial charge >= 0.3 is 5.97 Å². The Morgan fingerprint density at radius 3 is 2.55 bits per heavy atom. The summed E-state index contributed by atoms with van der Waals surface area (Å²) in [7, 11) is -5.29. The third-order valence-electron chi connectivity index (χ3n) is 8.23. The number of rotatable bonds is 18. The normalized spacial score (nSPS) is 17.7. The van der Waals surface area contributed by atoms with Gasteiger partial charge in [-0.05, 0) is 51.1 Å². The van der Waals surface area contributed by atoms with E-state index < -0.39 is 58.2 Å². The highest BCUT2D eigenvalue weighted by atomic mass is 32.3. The summed E-state index contributed by atoms with van der Waals surface area (Å²) in [6, 6.07) is 4.54. The van der Waals surface area contributed by atoms with Crippen LogP contribution in [0.25, 0.3) is 0 Å². The van der Waals surface area contributed by atoms with Gasteiger partial charge in [0, 0.05) is 30.0 Å². The van der Waals surface area contributed by atoms with Crippen molar-refractivity contribution in [3.8, 4) is 5.75 Å². The van der Waals surface area contributed by atoms with E-state index in [1.165, 1.54) is 43.5 Å². The van der Waals surface area contributed by atoms with Gasteiger partial charge in [0.1, 0.15) is 29.8 Å². The molecule has 4 heterocycles. The third-order valence-corrected chi connectivity index (χ3v) is 9.23. The number of β-lactam (4-membered cyclic amide) rings is 1. The lowest BCUT2D eigenvalue weighted by atomic mass is 9.84. The number of nitrogens with zero attached hydrogens (tertiary/aromatic N) is 5. The van der Waals surface area contributed by atoms with Gasteiger partial charge in [0.25, 0.3) is 23.8 Å². The van der Waals surface area contributed by atoms with Crippen molar-refractivity contribution in [2.45, 2.75) is 51.0 Å². The molecule has 3 aromatic rings. The highest BCUT2D eigenvalue weighted by molar-refractivity contribution is 7.80. The number of hydroxylamine groups is 2. The van der Waals surface area contributed by atoms with Crippen LogP contribution in [0.1, 0.15) is 36.3 Å². The molecule has 1 unspecified atom stereocenters. The van der Waals surface area contributed by atoms with E-state index in [9.17, 15) is 37.3 Å². The topological polar surface area (TPSA) is 299 Å². The molecule has 23 heteroatoms. The van der Waals surface area contributed by atoms with Gasteiger partial charge in [0.05, 0.1) is 18.3 Å². The summed E-state index contributed by atoms with van der Waals surface area (Å²) < 4.78 is 46.9. The Morgan fingerprint density at radius 2 is 1.98 bits per heavy atom. The van der Waals surface area contributed by atoms with Gasteiger partial charge in [-0.3, -0.25) is 14.4 Å². The number of nitrogens with one attached hydrogen (secondary N) is 3. The zero-order chi connectivity index (χ0) is 38.5. The van der Waals surface area contributed by atoms with Crippen LogP contribution in [0.3, 0.4) is 0 Å². The lowest BCUT2D eigenvalue weighted by Gasteiger charge is -2.51. The third kappa shape index (κ3) is 9.62. The van der Waals surface area contributed by atoms with Crippen molar-refractivity contribution in [1.82, 2.24) is 25.4 Å². The van der Waals surface area contributed by atoms with Crippen molar-refractivity contribution < 1.29 is 55.8 Å². The van der Waals surface area contributed by atoms with Crippen molar-refractivity contribution in [2.24, 2.45) is 16.8 Å². The van der Waals surface area contributed by atoms with E-state index in [-0.39, 0.29) is 22.5 Å². The molecule has 3 amide bonds. The van der Waals surface area contributed by atoms with Crippen LogP contribution in [0.5, 0.6) is 5.75 Å². The van der Waals surface area contributed by atoms with Gasteiger partial charge in [-0.15, -0.1) is 16.0 Å². The zero-order valence-electron chi connectivity index (χ0n) is 28.5. The fraction of sp³-hybridized carbons (Fsp3) is 0.433. The quantitative estimate of drug-likeness (QED) is 0.0211. The van der Waals surface area contributed by atoms with E-state index in [1.54, 1.807) is 0 Å². The molecular formula is C30H38N10O11S2. The van der Waals surface area contributed by atoms with Crippen LogP contribution in [-0.2, 0) is 47.0 Å². The molecule has 0 radical (unpaired) electrons. The molecular weight excluding hydrogens is 741 g/mol. The Labute approximate surface area is 306 Å². The first-order valence-corrected chi connectivity index (χ1v) is 18.3. The van der Waals surface area contributed by atoms with Crippen LogP contribution in [-0.4, -0.2) is 106 Å². The predicted octanol–water partition coefficient (Wildman–Crippen LogP) is -1.61. The van der Waals surface area contributed by atoms with E-state index in [2.05, 4.69) is 35.1 Å². The summed E-state index contributed by atoms with van der Waals surface area (Å²) in [5.41, 5.74) is 10.1. The molecule has 53 heavy (non-hydrogen) atoms. The van der Waals surface area contributed by atoms with Crippen molar-refractivity contribution in [1.29, 1.82) is 0 Å². The maximum absolute atomic E-state index is 13.3. The molecule has 1 aromatic carbocycles. The smallest absolute Gasteiger partial charge is 0.351 e. The molecule has 0 bridgehead atoms. The van der Waals surface area contributed by atoms with Gasteiger partial charge in [-0.25, -0.2) is 18.2 Å². The molecule has 2 aliphatic rings. The number of thiazole rings is 1. The average molecular weight is 779 g/mol. The first kappa shape index (κ1) is 39.0. The molecule has 2 atom stereocenters. The molecule has 0 aliphatic carbocycles. The number of ether oxygens (including phenoxy) is 1. The molecule has 8 N–H and O–H groups in total. The number of aromatic nitrogens is 3. The second-order valence-electron chi connectivity index (χ2n) is 12.6. The number of carbonyl (C=O) groups is 4. The van der Waals surface area contributed by atoms with Crippen LogP contribution >= 0.6 is 11.3 Å². The van der Waals surface area contributed by atoms with Crippen molar-refractivity contribution in [3.63, 3.8) is 0 Å². The van der Waals surface area contributed by atoms with E-state index in [0.717, 1.165) is 37.4 Å². The fourth-order valence-corrected chi connectivity index (χ4v) is 6.27. The van der Waals surface area contributed by atoms with Gasteiger partial charge in [-0.1, -0.05) is 5.16 Å². The summed E-state index contributed by atoms with van der Waals surface area (Å²) in [6.45, 7) is 5.95. The number of benzene rings is 1. The summed E-state index contributed by atoms with van der Waals surface area (Å²) in [4.78, 5) is 60.0. The Kier molecular flexibility index (Phi) is 11.9. The van der Waals surface area contributed by atoms with Gasteiger partial charge in [-0.2, -0.15) is 14.0 Å². The van der Waals surface area contributed by atoms with E-state index >= 15 is 0 Å². The number of oxime groups is 1. The molecule has 5 rings (SSSR count). The molecule has 2 saturated heterocycles. The minimum atomic E-state index is -5.29. The number of hydrogen-bond donors (Lipinski definition) is 6. The van der Waals surface area contributed by atoms with Crippen molar-refractivity contribution in [2.75, 3.05) is 37.3 Å². The Morgan fingerprint density at radius 1 is 1.26 bits per heavy atom. The number of nitrogens with two attached hydrogens (primary N) is 2. The first-order chi connectivity index (χ1) is 25.0. The monoisotopic (exact) mass is 778 g/mol. The summed E-state index contributed by atoms with van der Waals surface area (Å²) in [5, 5.41) is 23.6. The Bertz CT molecular complexity index is 1980. The number of aryl methyl sites for hydroxylation is 1. The maximum atomic E-state index is 13.3. The number of hydrogen-bond acceptors (Lipinski definition) is 16. The molecule has 286 valence electrons. The van der Waals surface area contributed by atoms with E-state index in [1.807, 2.05) is 17.1 Å². The highest BCUT2D eigenvalue weighted by Crippen LogP contribution is 2.33. The Balaban J connectivity index is 1.21. The SMILES string of the molecule is CC1(C)C(NC(=O)C(=NO[C@@H](COc2ccc(C(=O)Nc3cn(CCCN)[n+](CC4CNC4)c3)cc2)C(=O)O)c2csc(N)n2)C(=O)N1OS(=O)(=O)[O-]. The molecule has 2 aliphatic heterocycles. The van der Waals surface area contributed by atoms with Crippen LogP contribution < -0.4 is 36.8 Å². The second-order valence-corrected chi connectivity index (χ2v) is 14.4. The second kappa shape index (κ2) is 16.2. The molecule has 2 fully saturated rings. The summed E-state index contributed by atoms with van der Waals surface area (Å²) in [5.74, 6) is -3.30. The lowest BCUT2D eigenvalue weighted by molar-refractivity contribution is -0.781. The average Bonchev–Trinajstić information content (AvgIpc) is 3.68. The number of carboxylic acid groups (broad SMARTS) is 1. The predicted molar refractivity (Wildman–Crippen MR) is 184 cm³/mol. The van der Waals surface area contributed by atoms with Gasteiger partial charge < -0.3 is 46.7 Å². The van der Waals surface area contributed by atoms with E-state index in [0.29, 0.717) is 35.3 Å². The number of anilines is 2. The van der Waals surface area contributed by atoms with Gasteiger partial charge in [0.2, 0.25) is 16.6 Å². The number of carboxylic acids is 1. The van der Waals surface area contributed by atoms with Crippen LogP contribution in [0.4, 0.5) is 10.8 Å². The number of aliphatic carboxylic acids is 1. The largest absolute Gasteiger partial charge is 0.724 e. The fourth-order valence-electron chi connectivity index (χ4n) is 5.27. The summed E-state index contributed by atoms with van der Waals surface area (Å²) >= 11 is 0.932. The number of nitrogen functional groups attached to an aromatic ring is 1. The van der Waals surface area contributed by atoms with Gasteiger partial charge in [0.15, 0.2) is 17.4 Å². The lowest BCUT2D eigenvalue weighted by Crippen LogP contribution is -2.76. The minimum absolute atomic E-state index is 0.0299. The number of carbonyl (C=O) groups excluding carboxylic acids is 3. The van der Waals surface area contributed by atoms with Crippen LogP contribution in [0.2, 0.25) is 0 Å². The van der Waals surface area contributed by atoms with Crippen LogP contribution in [0.15, 0.2) is 47.2 Å². The minimum Gasteiger partial charge on any atom is -0.724 e. The maximum Gasteiger partial charge on any atom is 0.351 e. The van der Waals surface area contributed by atoms with Crippen LogP contribution in [0, 0.1) is 5.92 Å². The molecule has 2 aromatic heterocycles. The molecule has 0 spiro atoms. The molecule has 0 saturated carbocycles. The van der Waals surface area contributed by atoms with E-state index in [4.69, 9.17) is 21.0 Å². The Hall–Kier alpha value is -5.20. The highest BCUT2D eigenvalue weighted by Gasteiger charge is 2.57. The molecule has 21 nitrogen and oxygen atoms in total. The van der Waals surface area contributed by atoms with Crippen molar-refractivity contribution >= 4 is 62.0 Å². The first-order valence-electron chi connectivity index (χ1n) is 16.1. The number of amides is 3. The standard InChI is InChI=1S/C30H38N10O11S2/c1-30(2)24(27(43)40(30)51-53(46,47)48)36-26(42)23(21-16-52-29(32)35-21)37-50-22(28(44)45)15-49-20-6-4-18(5-7-20)25(41)34-19-13-38(9-3-8-31)39(14-19)12-17-10-33-11-17/h4-7,13-14,16-17,22,24,33H,3,8-12,15,31H2,1-2H3,(H5-,32,34,35,36,41,42,44,45,46,47,48)/t22-,24?/m0/s1.